The Morgan fingerprint density at radius 2 is 1.81 bits per heavy atom. The zero-order valence-corrected chi connectivity index (χ0v) is 18.1. The Morgan fingerprint density at radius 3 is 2.47 bits per heavy atom. The van der Waals surface area contributed by atoms with Crippen LogP contribution in [-0.2, 0) is 17.6 Å². The molecular formula is C22H28F3N3O4. The number of H-pyrrole nitrogens is 1. The van der Waals surface area contributed by atoms with Gasteiger partial charge < -0.3 is 19.9 Å². The van der Waals surface area contributed by atoms with E-state index in [0.29, 0.717) is 12.0 Å². The number of nitrogens with one attached hydrogen (secondary N) is 2. The van der Waals surface area contributed by atoms with Gasteiger partial charge in [0, 0.05) is 18.3 Å². The summed E-state index contributed by atoms with van der Waals surface area (Å²) in [7, 11) is 3.41. The van der Waals surface area contributed by atoms with Crippen molar-refractivity contribution in [1.82, 2.24) is 15.5 Å². The van der Waals surface area contributed by atoms with Crippen molar-refractivity contribution in [3.8, 4) is 11.5 Å². The van der Waals surface area contributed by atoms with Gasteiger partial charge in [-0.3, -0.25) is 5.10 Å². The zero-order valence-electron chi connectivity index (χ0n) is 18.1. The standard InChI is InChI=1S/C20H27N3O2.C2HF3O2/c1-24-19-9-13-5-3-7-17(15(13)10-20(19)25-2)21-11-14-6-4-8-18-16(14)12-22-23-18;3-2(4,5)1(6)7/h9-10,12,14,17,21H,3-8,11H2,1-2H3,(H,22,23);(H,6,7). The Labute approximate surface area is 184 Å². The molecule has 2 atom stereocenters. The highest BCUT2D eigenvalue weighted by Crippen LogP contribution is 2.39. The molecule has 7 nitrogen and oxygen atoms in total. The van der Waals surface area contributed by atoms with E-state index in [0.717, 1.165) is 30.9 Å². The maximum absolute atomic E-state index is 10.6. The number of methoxy groups -OCH3 is 2. The normalized spacial score (nSPS) is 19.8. The van der Waals surface area contributed by atoms with Crippen LogP contribution >= 0.6 is 0 Å². The summed E-state index contributed by atoms with van der Waals surface area (Å²) < 4.78 is 42.7. The van der Waals surface area contributed by atoms with Crippen molar-refractivity contribution in [2.75, 3.05) is 20.8 Å². The van der Waals surface area contributed by atoms with Crippen LogP contribution in [0.15, 0.2) is 18.3 Å². The monoisotopic (exact) mass is 455 g/mol. The second kappa shape index (κ2) is 10.2. The summed E-state index contributed by atoms with van der Waals surface area (Å²) >= 11 is 0. The minimum atomic E-state index is -5.08. The maximum Gasteiger partial charge on any atom is 0.490 e. The number of aliphatic carboxylic acids is 1. The van der Waals surface area contributed by atoms with Crippen LogP contribution in [0.2, 0.25) is 0 Å². The summed E-state index contributed by atoms with van der Waals surface area (Å²) in [6.07, 6.45) is 4.05. The van der Waals surface area contributed by atoms with Crippen LogP contribution in [-0.4, -0.2) is 48.2 Å². The Morgan fingerprint density at radius 1 is 1.16 bits per heavy atom. The maximum atomic E-state index is 10.6. The average molecular weight is 455 g/mol. The number of fused-ring (bicyclic) bond motifs is 2. The number of ether oxygens (including phenoxy) is 2. The van der Waals surface area contributed by atoms with Crippen LogP contribution < -0.4 is 14.8 Å². The molecule has 2 aliphatic carbocycles. The summed E-state index contributed by atoms with van der Waals surface area (Å²) in [5.74, 6) is -0.539. The van der Waals surface area contributed by atoms with E-state index < -0.39 is 12.1 Å². The number of carbonyl (C=O) groups is 1. The molecule has 0 amide bonds. The molecule has 0 bridgehead atoms. The van der Waals surface area contributed by atoms with E-state index in [1.807, 2.05) is 6.20 Å². The number of hydrogen-bond acceptors (Lipinski definition) is 5. The lowest BCUT2D eigenvalue weighted by Crippen LogP contribution is -2.30. The lowest BCUT2D eigenvalue weighted by Gasteiger charge is -2.30. The zero-order chi connectivity index (χ0) is 23.3. The fourth-order valence-corrected chi connectivity index (χ4v) is 4.39. The van der Waals surface area contributed by atoms with Gasteiger partial charge in [0.05, 0.1) is 20.4 Å². The van der Waals surface area contributed by atoms with E-state index in [-0.39, 0.29) is 0 Å². The van der Waals surface area contributed by atoms with Crippen molar-refractivity contribution < 1.29 is 32.5 Å². The van der Waals surface area contributed by atoms with Gasteiger partial charge in [-0.2, -0.15) is 18.3 Å². The number of nitrogens with zero attached hydrogens (tertiary/aromatic N) is 1. The Balaban J connectivity index is 0.000000360. The minimum Gasteiger partial charge on any atom is -0.493 e. The molecule has 3 N–H and O–H groups in total. The van der Waals surface area contributed by atoms with E-state index in [1.165, 1.54) is 48.1 Å². The minimum absolute atomic E-state index is 0.390. The van der Waals surface area contributed by atoms with E-state index >= 15 is 0 Å². The third-order valence-corrected chi connectivity index (χ3v) is 5.98. The molecule has 2 aliphatic rings. The lowest BCUT2D eigenvalue weighted by atomic mass is 9.84. The van der Waals surface area contributed by atoms with E-state index in [9.17, 15) is 13.2 Å². The van der Waals surface area contributed by atoms with Crippen LogP contribution in [0, 0.1) is 0 Å². The molecule has 0 saturated carbocycles. The Kier molecular flexibility index (Phi) is 7.65. The van der Waals surface area contributed by atoms with Gasteiger partial charge in [-0.05, 0) is 73.3 Å². The van der Waals surface area contributed by atoms with Crippen molar-refractivity contribution in [2.45, 2.75) is 56.7 Å². The molecule has 0 aliphatic heterocycles. The summed E-state index contributed by atoms with van der Waals surface area (Å²) in [6.45, 7) is 1.00. The average Bonchev–Trinajstić information content (AvgIpc) is 3.26. The molecule has 10 heteroatoms. The number of aromatic nitrogens is 2. The lowest BCUT2D eigenvalue weighted by molar-refractivity contribution is -0.192. The van der Waals surface area contributed by atoms with Gasteiger partial charge in [-0.1, -0.05) is 0 Å². The molecule has 4 rings (SSSR count). The molecule has 1 aromatic heterocycles. The Hall–Kier alpha value is -2.75. The number of aromatic amines is 1. The van der Waals surface area contributed by atoms with E-state index in [1.54, 1.807) is 14.2 Å². The van der Waals surface area contributed by atoms with E-state index in [4.69, 9.17) is 19.4 Å². The number of benzene rings is 1. The second-order valence-corrected chi connectivity index (χ2v) is 7.96. The van der Waals surface area contributed by atoms with Crippen LogP contribution in [0.4, 0.5) is 13.2 Å². The van der Waals surface area contributed by atoms with Crippen molar-refractivity contribution in [2.24, 2.45) is 0 Å². The number of hydrogen-bond donors (Lipinski definition) is 3. The van der Waals surface area contributed by atoms with Crippen LogP contribution in [0.1, 0.15) is 60.0 Å². The van der Waals surface area contributed by atoms with Gasteiger partial charge in [0.15, 0.2) is 11.5 Å². The summed E-state index contributed by atoms with van der Waals surface area (Å²) in [4.78, 5) is 8.90. The highest BCUT2D eigenvalue weighted by atomic mass is 19.4. The fraction of sp³-hybridized carbons (Fsp3) is 0.545. The largest absolute Gasteiger partial charge is 0.493 e. The van der Waals surface area contributed by atoms with Crippen molar-refractivity contribution in [3.05, 3.63) is 40.7 Å². The molecule has 0 saturated heterocycles. The van der Waals surface area contributed by atoms with Crippen LogP contribution in [0.3, 0.4) is 0 Å². The third kappa shape index (κ3) is 5.53. The summed E-state index contributed by atoms with van der Waals surface area (Å²) in [6, 6.07) is 4.70. The fourth-order valence-electron chi connectivity index (χ4n) is 4.39. The van der Waals surface area contributed by atoms with Gasteiger partial charge >= 0.3 is 12.1 Å². The first kappa shape index (κ1) is 23.9. The quantitative estimate of drug-likeness (QED) is 0.627. The smallest absolute Gasteiger partial charge is 0.490 e. The van der Waals surface area contributed by atoms with Crippen molar-refractivity contribution in [1.29, 1.82) is 0 Å². The molecule has 2 unspecified atom stereocenters. The predicted octanol–water partition coefficient (Wildman–Crippen LogP) is 4.15. The number of carboxylic acids is 1. The third-order valence-electron chi connectivity index (χ3n) is 5.98. The number of alkyl halides is 3. The first-order chi connectivity index (χ1) is 15.2. The number of carboxylic acid groups (broad SMARTS) is 1. The second-order valence-electron chi connectivity index (χ2n) is 7.96. The van der Waals surface area contributed by atoms with Gasteiger partial charge in [0.25, 0.3) is 0 Å². The molecule has 1 aromatic carbocycles. The SMILES string of the molecule is COc1cc2c(cc1OC)C(NCC1CCCc3[nH]ncc31)CCC2.O=C(O)C(F)(F)F. The summed E-state index contributed by atoms with van der Waals surface area (Å²) in [5.41, 5.74) is 5.48. The van der Waals surface area contributed by atoms with E-state index in [2.05, 4.69) is 27.6 Å². The predicted molar refractivity (Wildman–Crippen MR) is 111 cm³/mol. The van der Waals surface area contributed by atoms with Crippen LogP contribution in [0.25, 0.3) is 0 Å². The number of aryl methyl sites for hydroxylation is 2. The number of halogens is 3. The molecule has 32 heavy (non-hydrogen) atoms. The van der Waals surface area contributed by atoms with Gasteiger partial charge in [-0.25, -0.2) is 4.79 Å². The van der Waals surface area contributed by atoms with Gasteiger partial charge in [-0.15, -0.1) is 0 Å². The summed E-state index contributed by atoms with van der Waals surface area (Å²) in [5, 5.41) is 18.4. The topological polar surface area (TPSA) is 96.5 Å². The first-order valence-electron chi connectivity index (χ1n) is 10.5. The molecule has 2 aromatic rings. The molecule has 176 valence electrons. The Bertz CT molecular complexity index is 930. The number of rotatable bonds is 5. The highest BCUT2D eigenvalue weighted by Gasteiger charge is 2.38. The van der Waals surface area contributed by atoms with Gasteiger partial charge in [0.1, 0.15) is 0 Å². The highest BCUT2D eigenvalue weighted by molar-refractivity contribution is 5.73. The molecular weight excluding hydrogens is 427 g/mol. The molecule has 0 fully saturated rings. The van der Waals surface area contributed by atoms with Crippen molar-refractivity contribution in [3.63, 3.8) is 0 Å². The van der Waals surface area contributed by atoms with Crippen LogP contribution in [0.5, 0.6) is 11.5 Å². The molecule has 0 spiro atoms. The molecule has 0 radical (unpaired) electrons. The first-order valence-corrected chi connectivity index (χ1v) is 10.5. The van der Waals surface area contributed by atoms with Gasteiger partial charge in [0.2, 0.25) is 0 Å². The van der Waals surface area contributed by atoms with Crippen molar-refractivity contribution >= 4 is 5.97 Å². The molecule has 1 heterocycles.